The van der Waals surface area contributed by atoms with E-state index in [9.17, 15) is 0 Å². The second-order valence-corrected chi connectivity index (χ2v) is 7.60. The van der Waals surface area contributed by atoms with Crippen molar-refractivity contribution in [2.75, 3.05) is 11.5 Å². The summed E-state index contributed by atoms with van der Waals surface area (Å²) < 4.78 is 3.69. The topological polar surface area (TPSA) is 135 Å². The van der Waals surface area contributed by atoms with Crippen LogP contribution in [0.1, 0.15) is 87.4 Å². The third kappa shape index (κ3) is 4.45. The molecule has 2 fully saturated rings. The molecule has 0 unspecified atom stereocenters. The van der Waals surface area contributed by atoms with Crippen LogP contribution >= 0.6 is 0 Å². The molecule has 2 aromatic heterocycles. The van der Waals surface area contributed by atoms with Gasteiger partial charge >= 0.3 is 0 Å². The number of nitriles is 2. The van der Waals surface area contributed by atoms with Crippen LogP contribution in [0.2, 0.25) is 0 Å². The number of hydrogen-bond acceptors (Lipinski definition) is 6. The van der Waals surface area contributed by atoms with E-state index in [-0.39, 0.29) is 0 Å². The van der Waals surface area contributed by atoms with E-state index in [2.05, 4.69) is 10.2 Å². The first kappa shape index (κ1) is 19.8. The Hall–Kier alpha value is -3.00. The van der Waals surface area contributed by atoms with Crippen LogP contribution in [0, 0.1) is 22.7 Å². The normalized spacial score (nSPS) is 17.9. The van der Waals surface area contributed by atoms with Crippen molar-refractivity contribution in [1.82, 2.24) is 19.6 Å². The van der Waals surface area contributed by atoms with Crippen molar-refractivity contribution in [3.63, 3.8) is 0 Å². The standard InChI is InChI=1S/2C10H14N4/c11-6-8-7-14(13-10(8)12)9-4-2-1-3-5-9;11-6-8-7-13-14(10(8)12)9-4-2-1-3-5-9/h7,9H,1-5H2,(H2,12,13);7,9H,1-5,12H2. The maximum absolute atomic E-state index is 8.75. The smallest absolute Gasteiger partial charge is 0.163 e. The molecule has 8 heteroatoms. The van der Waals surface area contributed by atoms with E-state index in [0.29, 0.717) is 34.8 Å². The van der Waals surface area contributed by atoms with Crippen LogP contribution in [0.3, 0.4) is 0 Å². The number of nitrogens with two attached hydrogens (primary N) is 2. The van der Waals surface area contributed by atoms with Crippen molar-refractivity contribution in [2.24, 2.45) is 0 Å². The van der Waals surface area contributed by atoms with E-state index < -0.39 is 0 Å². The van der Waals surface area contributed by atoms with E-state index in [4.69, 9.17) is 22.0 Å². The molecule has 0 atom stereocenters. The van der Waals surface area contributed by atoms with Crippen LogP contribution in [-0.2, 0) is 0 Å². The number of anilines is 2. The molecule has 0 aromatic carbocycles. The molecule has 0 radical (unpaired) electrons. The Morgan fingerprint density at radius 2 is 1.43 bits per heavy atom. The summed E-state index contributed by atoms with van der Waals surface area (Å²) in [7, 11) is 0. The monoisotopic (exact) mass is 380 g/mol. The Morgan fingerprint density at radius 1 is 0.857 bits per heavy atom. The Kier molecular flexibility index (Phi) is 6.54. The number of hydrogen-bond donors (Lipinski definition) is 2. The fourth-order valence-electron chi connectivity index (χ4n) is 4.10. The van der Waals surface area contributed by atoms with E-state index in [1.54, 1.807) is 12.4 Å². The molecule has 0 bridgehead atoms. The van der Waals surface area contributed by atoms with Crippen LogP contribution in [-0.4, -0.2) is 19.6 Å². The lowest BCUT2D eigenvalue weighted by molar-refractivity contribution is 0.330. The fraction of sp³-hybridized carbons (Fsp3) is 0.600. The maximum atomic E-state index is 8.75. The predicted octanol–water partition coefficient (Wildman–Crippen LogP) is 3.68. The van der Waals surface area contributed by atoms with Crippen LogP contribution in [0.15, 0.2) is 12.4 Å². The maximum Gasteiger partial charge on any atom is 0.163 e. The minimum absolute atomic E-state index is 0.359. The number of nitrogens with zero attached hydrogens (tertiary/aromatic N) is 6. The third-order valence-corrected chi connectivity index (χ3v) is 5.70. The van der Waals surface area contributed by atoms with Gasteiger partial charge in [0.15, 0.2) is 5.82 Å². The minimum Gasteiger partial charge on any atom is -0.383 e. The molecule has 0 saturated heterocycles. The molecular formula is C20H28N8. The van der Waals surface area contributed by atoms with Crippen LogP contribution in [0.4, 0.5) is 11.6 Å². The van der Waals surface area contributed by atoms with Crippen molar-refractivity contribution >= 4 is 11.6 Å². The quantitative estimate of drug-likeness (QED) is 0.815. The summed E-state index contributed by atoms with van der Waals surface area (Å²) in [6.07, 6.45) is 15.5. The van der Waals surface area contributed by atoms with E-state index in [1.807, 2.05) is 21.5 Å². The zero-order valence-electron chi connectivity index (χ0n) is 16.2. The van der Waals surface area contributed by atoms with Gasteiger partial charge in [-0.2, -0.15) is 20.7 Å². The van der Waals surface area contributed by atoms with Crippen LogP contribution < -0.4 is 11.5 Å². The summed E-state index contributed by atoms with van der Waals surface area (Å²) in [4.78, 5) is 0. The second kappa shape index (κ2) is 9.27. The lowest BCUT2D eigenvalue weighted by Crippen LogP contribution is -2.16. The molecule has 148 valence electrons. The molecule has 2 aromatic rings. The highest BCUT2D eigenvalue weighted by molar-refractivity contribution is 5.47. The largest absolute Gasteiger partial charge is 0.383 e. The van der Waals surface area contributed by atoms with Crippen LogP contribution in [0.25, 0.3) is 0 Å². The van der Waals surface area contributed by atoms with Crippen molar-refractivity contribution < 1.29 is 0 Å². The van der Waals surface area contributed by atoms with E-state index >= 15 is 0 Å². The van der Waals surface area contributed by atoms with Crippen molar-refractivity contribution in [3.05, 3.63) is 23.5 Å². The number of aromatic nitrogens is 4. The summed E-state index contributed by atoms with van der Waals surface area (Å²) >= 11 is 0. The third-order valence-electron chi connectivity index (χ3n) is 5.70. The predicted molar refractivity (Wildman–Crippen MR) is 107 cm³/mol. The Morgan fingerprint density at radius 3 is 1.93 bits per heavy atom. The second-order valence-electron chi connectivity index (χ2n) is 7.60. The number of nitrogen functional groups attached to an aromatic ring is 2. The molecule has 28 heavy (non-hydrogen) atoms. The first-order valence-corrected chi connectivity index (χ1v) is 10.1. The lowest BCUT2D eigenvalue weighted by Gasteiger charge is -2.22. The summed E-state index contributed by atoms with van der Waals surface area (Å²) in [5.74, 6) is 0.887. The van der Waals surface area contributed by atoms with Gasteiger partial charge < -0.3 is 11.5 Å². The van der Waals surface area contributed by atoms with Gasteiger partial charge in [0.25, 0.3) is 0 Å². The van der Waals surface area contributed by atoms with Gasteiger partial charge in [-0.15, -0.1) is 0 Å². The van der Waals surface area contributed by atoms with Crippen molar-refractivity contribution in [2.45, 2.75) is 76.3 Å². The Labute approximate surface area is 165 Å². The minimum atomic E-state index is 0.359. The van der Waals surface area contributed by atoms with Gasteiger partial charge in [-0.05, 0) is 25.7 Å². The van der Waals surface area contributed by atoms with Gasteiger partial charge in [0.1, 0.15) is 29.1 Å². The molecule has 2 saturated carbocycles. The molecule has 0 spiro atoms. The highest BCUT2D eigenvalue weighted by Gasteiger charge is 2.19. The highest BCUT2D eigenvalue weighted by Crippen LogP contribution is 2.30. The van der Waals surface area contributed by atoms with Gasteiger partial charge in [0.05, 0.1) is 18.3 Å². The molecule has 8 nitrogen and oxygen atoms in total. The zero-order valence-corrected chi connectivity index (χ0v) is 16.2. The molecule has 2 aliphatic rings. The number of rotatable bonds is 2. The first-order valence-electron chi connectivity index (χ1n) is 10.1. The van der Waals surface area contributed by atoms with Crippen molar-refractivity contribution in [3.8, 4) is 12.1 Å². The van der Waals surface area contributed by atoms with Gasteiger partial charge in [0.2, 0.25) is 0 Å². The molecule has 4 N–H and O–H groups in total. The van der Waals surface area contributed by atoms with Gasteiger partial charge in [0, 0.05) is 6.20 Å². The summed E-state index contributed by atoms with van der Waals surface area (Å²) in [6, 6.07) is 4.95. The average molecular weight is 381 g/mol. The molecule has 0 aliphatic heterocycles. The molecule has 4 rings (SSSR count). The van der Waals surface area contributed by atoms with E-state index in [1.165, 1.54) is 38.5 Å². The van der Waals surface area contributed by atoms with Gasteiger partial charge in [-0.25, -0.2) is 4.68 Å². The zero-order chi connectivity index (χ0) is 19.9. The SMILES string of the molecule is N#Cc1cn(C2CCCCC2)nc1N.N#Cc1cnn(C2CCCCC2)c1N. The summed E-state index contributed by atoms with van der Waals surface area (Å²) in [5, 5.41) is 25.9. The average Bonchev–Trinajstić information content (AvgIpc) is 3.31. The lowest BCUT2D eigenvalue weighted by atomic mass is 9.96. The highest BCUT2D eigenvalue weighted by atomic mass is 15.3. The van der Waals surface area contributed by atoms with Gasteiger partial charge in [-0.3, -0.25) is 4.68 Å². The van der Waals surface area contributed by atoms with Crippen molar-refractivity contribution in [1.29, 1.82) is 10.5 Å². The summed E-state index contributed by atoms with van der Waals surface area (Å²) in [5.41, 5.74) is 12.4. The Balaban J connectivity index is 0.000000161. The molecule has 0 amide bonds. The molecule has 2 aliphatic carbocycles. The fourth-order valence-corrected chi connectivity index (χ4v) is 4.10. The van der Waals surface area contributed by atoms with Gasteiger partial charge in [-0.1, -0.05) is 38.5 Å². The molecule has 2 heterocycles. The van der Waals surface area contributed by atoms with Crippen LogP contribution in [0.5, 0.6) is 0 Å². The Bertz CT molecular complexity index is 842. The summed E-state index contributed by atoms with van der Waals surface area (Å²) in [6.45, 7) is 0. The first-order chi connectivity index (χ1) is 13.6. The van der Waals surface area contributed by atoms with E-state index in [0.717, 1.165) is 25.7 Å². The molecular weight excluding hydrogens is 352 g/mol.